The Morgan fingerprint density at radius 3 is 1.42 bits per heavy atom. The molecule has 1 saturated heterocycles. The zero-order valence-corrected chi connectivity index (χ0v) is 62.7. The van der Waals surface area contributed by atoms with Crippen LogP contribution in [0.3, 0.4) is 0 Å². The van der Waals surface area contributed by atoms with Crippen molar-refractivity contribution in [3.8, 4) is 134 Å². The third kappa shape index (κ3) is 36.4. The summed E-state index contributed by atoms with van der Waals surface area (Å²) in [5, 5.41) is 11.9. The number of carbonyl (C=O) groups excluding carboxylic acids is 1. The molecule has 1 aliphatic heterocycles. The molecular formula is C91H85Cl3N2O9. The molecule has 9 aromatic carbocycles. The zero-order valence-electron chi connectivity index (χ0n) is 60.4. The molecule has 105 heavy (non-hydrogen) atoms. The number of nitro groups is 1. The van der Waals surface area contributed by atoms with E-state index in [0.717, 1.165) is 51.5 Å². The van der Waals surface area contributed by atoms with Crippen LogP contribution in [0.4, 0.5) is 11.4 Å². The van der Waals surface area contributed by atoms with Crippen LogP contribution in [-0.4, -0.2) is 63.3 Å². The fourth-order valence-corrected chi connectivity index (χ4v) is 9.64. The molecule has 0 aromatic heterocycles. The van der Waals surface area contributed by atoms with Gasteiger partial charge in [-0.2, -0.15) is 0 Å². The number of hydrogen-bond acceptors (Lipinski definition) is 10. The number of halogens is 3. The number of nitrogens with zero attached hydrogens (tertiary/aromatic N) is 2. The summed E-state index contributed by atoms with van der Waals surface area (Å²) in [6.07, 6.45) is 46.3. The molecule has 5 atom stereocenters. The highest BCUT2D eigenvalue weighted by molar-refractivity contribution is 6.37. The van der Waals surface area contributed by atoms with Gasteiger partial charge in [0.25, 0.3) is 5.69 Å². The third-order valence-corrected chi connectivity index (χ3v) is 15.0. The van der Waals surface area contributed by atoms with E-state index >= 15 is 0 Å². The molecule has 534 valence electrons. The number of aryl methyl sites for hydroxylation is 3. The molecule has 1 aliphatic rings. The maximum Gasteiger partial charge on any atom is 0.303 e. The molecule has 9 aromatic rings. The Bertz CT molecular complexity index is 4420. The van der Waals surface area contributed by atoms with Crippen LogP contribution >= 0.6 is 34.8 Å². The van der Waals surface area contributed by atoms with Gasteiger partial charge in [0.05, 0.1) is 21.1 Å². The zero-order chi connectivity index (χ0) is 77.9. The lowest BCUT2D eigenvalue weighted by molar-refractivity contribution is -0.385. The van der Waals surface area contributed by atoms with Crippen molar-refractivity contribution in [3.05, 3.63) is 294 Å². The number of esters is 1. The fraction of sp³-hybridized carbons (Fsp3) is 0.198. The minimum absolute atomic E-state index is 0.0185. The lowest BCUT2D eigenvalue weighted by Crippen LogP contribution is -2.51. The molecule has 14 heteroatoms. The van der Waals surface area contributed by atoms with E-state index < -0.39 is 17.3 Å². The molecule has 0 saturated carbocycles. The summed E-state index contributed by atoms with van der Waals surface area (Å²) < 4.78 is 32.5. The maximum absolute atomic E-state index is 11.2. The second-order valence-corrected chi connectivity index (χ2v) is 23.6. The van der Waals surface area contributed by atoms with Gasteiger partial charge in [-0.25, -0.2) is 0 Å². The van der Waals surface area contributed by atoms with Crippen molar-refractivity contribution in [2.24, 2.45) is 11.8 Å². The monoisotopic (exact) mass is 1450 g/mol. The van der Waals surface area contributed by atoms with Gasteiger partial charge in [-0.3, -0.25) is 14.9 Å². The molecule has 0 spiro atoms. The summed E-state index contributed by atoms with van der Waals surface area (Å²) in [6.45, 7) is 14.4. The van der Waals surface area contributed by atoms with E-state index in [0.29, 0.717) is 38.9 Å². The van der Waals surface area contributed by atoms with Crippen LogP contribution in [0, 0.1) is 154 Å². The van der Waals surface area contributed by atoms with Gasteiger partial charge in [-0.05, 0) is 183 Å². The third-order valence-electron chi connectivity index (χ3n) is 14.2. The summed E-state index contributed by atoms with van der Waals surface area (Å²) in [5.41, 5.74) is 9.67. The van der Waals surface area contributed by atoms with E-state index in [1.54, 1.807) is 42.5 Å². The molecule has 10 rings (SSSR count). The summed E-state index contributed by atoms with van der Waals surface area (Å²) in [7, 11) is 4.01. The Morgan fingerprint density at radius 2 is 0.971 bits per heavy atom. The van der Waals surface area contributed by atoms with Gasteiger partial charge in [0, 0.05) is 71.5 Å². The summed E-state index contributed by atoms with van der Waals surface area (Å²) in [5.74, 6) is 25.2. The highest BCUT2D eigenvalue weighted by Crippen LogP contribution is 2.35. The van der Waals surface area contributed by atoms with Crippen molar-refractivity contribution in [2.75, 3.05) is 38.8 Å². The van der Waals surface area contributed by atoms with E-state index in [9.17, 15) is 14.9 Å². The van der Waals surface area contributed by atoms with Crippen molar-refractivity contribution in [1.29, 1.82) is 0 Å². The first kappa shape index (κ1) is 89.0. The van der Waals surface area contributed by atoms with E-state index in [2.05, 4.69) is 80.1 Å². The predicted octanol–water partition coefficient (Wildman–Crippen LogP) is 20.0. The van der Waals surface area contributed by atoms with Gasteiger partial charge >= 0.3 is 5.97 Å². The summed E-state index contributed by atoms with van der Waals surface area (Å²) >= 11 is 17.2. The Labute approximate surface area is 638 Å². The van der Waals surface area contributed by atoms with Crippen LogP contribution in [0.1, 0.15) is 84.2 Å². The van der Waals surface area contributed by atoms with E-state index in [1.165, 1.54) is 41.4 Å². The predicted molar refractivity (Wildman–Crippen MR) is 432 cm³/mol. The van der Waals surface area contributed by atoms with Gasteiger partial charge in [-0.1, -0.05) is 188 Å². The van der Waals surface area contributed by atoms with Crippen molar-refractivity contribution >= 4 is 52.1 Å². The first-order chi connectivity index (χ1) is 50.4. The van der Waals surface area contributed by atoms with Crippen molar-refractivity contribution in [2.45, 2.75) is 73.4 Å². The molecule has 0 amide bonds. The van der Waals surface area contributed by atoms with E-state index in [1.807, 2.05) is 197 Å². The summed E-state index contributed by atoms with van der Waals surface area (Å²) in [6, 6.07) is 67.0. The molecule has 0 N–H and O–H groups in total. The van der Waals surface area contributed by atoms with Crippen LogP contribution < -0.4 is 19.1 Å². The number of terminal acetylenes is 9. The Morgan fingerprint density at radius 1 is 0.505 bits per heavy atom. The average molecular weight is 1460 g/mol. The molecule has 0 bridgehead atoms. The highest BCUT2D eigenvalue weighted by atomic mass is 35.5. The quantitative estimate of drug-likeness (QED) is 0.0506. The number of nitro benzene ring substituents is 1. The second kappa shape index (κ2) is 51.9. The van der Waals surface area contributed by atoms with Crippen LogP contribution in [0.2, 0.25) is 15.1 Å². The Hall–Kier alpha value is -12.1. The van der Waals surface area contributed by atoms with E-state index in [-0.39, 0.29) is 36.9 Å². The number of carbonyl (C=O) groups is 1. The van der Waals surface area contributed by atoms with E-state index in [4.69, 9.17) is 121 Å². The highest BCUT2D eigenvalue weighted by Gasteiger charge is 2.43. The van der Waals surface area contributed by atoms with Crippen molar-refractivity contribution in [3.63, 3.8) is 0 Å². The van der Waals surface area contributed by atoms with Crippen LogP contribution in [0.15, 0.2) is 218 Å². The average Bonchev–Trinajstić information content (AvgIpc) is 0.805. The van der Waals surface area contributed by atoms with Crippen LogP contribution in [-0.2, 0) is 19.0 Å². The molecular weight excluding hydrogens is 1370 g/mol. The second-order valence-electron chi connectivity index (χ2n) is 22.4. The topological polar surface area (TPSA) is 119 Å². The number of anilines is 1. The molecule has 1 heterocycles. The lowest BCUT2D eigenvalue weighted by Gasteiger charge is -2.43. The minimum atomic E-state index is -0.568. The number of ether oxygens (including phenoxy) is 6. The Kier molecular flexibility index (Phi) is 44.0. The SMILES string of the molecule is C#CCO[C@@H]1O[C@H](CC)[C@@H](C)[C@H](C)[C@H]1OC(C)=O.C#CCOc1c(Cl)cccc1Cl.C#CCOc1ccccc1.C#Cc1cc(C)cc(C)c1.C#Cc1ccc(N(C)C)cc1.C#Cc1ccc(Oc2ccccc2)cc1.C#Cc1cccc(C)c1.C#Cc1cccc(Cl)c1.C#Cc1ccccc1[N+](=O)[O-]. The van der Waals surface area contributed by atoms with Gasteiger partial charge in [-0.15, -0.1) is 57.8 Å². The number of hydrogen-bond donors (Lipinski definition) is 0. The lowest BCUT2D eigenvalue weighted by atomic mass is 9.82. The fourth-order valence-electron chi connectivity index (χ4n) is 8.95. The minimum Gasteiger partial charge on any atom is -0.481 e. The molecule has 0 aliphatic carbocycles. The molecule has 1 fully saturated rings. The van der Waals surface area contributed by atoms with Crippen molar-refractivity contribution < 1.29 is 38.1 Å². The molecule has 0 unspecified atom stereocenters. The molecule has 0 radical (unpaired) electrons. The largest absolute Gasteiger partial charge is 0.481 e. The maximum atomic E-state index is 11.2. The standard InChI is InChI=1S/C14H22O4.C14H10O.C10H11N.C10H10.C9H6Cl2O.C9H8O.C9H8.C8H5Cl.C8H5NO2/c1-6-8-16-14-13(17-11(5)15)10(4)9(3)12(7-2)18-14;1-2-12-8-10-14(11-9-12)15-13-6-4-3-5-7-13;1-4-9-5-7-10(8-6-9)11(2)3;1-4-10-6-8(2)5-9(3)7-10;1-2-6-12-9-7(10)4-3-5-8(9)11;1-2-8-10-9-6-4-3-5-7-9;1-3-9-6-4-5-8(2)7-9;1-2-7-4-3-5-8(9)6-7;1-2-7-5-3-4-6-8(7)9(10)11/h1,9-10,12-14H,7-8H2,2-5H3;1,3-11H;1,5-8H,2-3H3;1,5-7H,2-3H3;1,3-5H,6H2;1,3-7H,8H2;1,4-7H,2H3;1,3-6H;1,3-6H/t9-,10-,12+,13+,14+;;;;;;;;/m0......../s1. The normalized spacial score (nSPS) is 13.4. The van der Waals surface area contributed by atoms with Crippen molar-refractivity contribution in [1.82, 2.24) is 0 Å². The Balaban J connectivity index is 0.000000405. The van der Waals surface area contributed by atoms with Gasteiger partial charge < -0.3 is 33.3 Å². The number of benzene rings is 9. The van der Waals surface area contributed by atoms with Gasteiger partial charge in [0.15, 0.2) is 18.1 Å². The number of rotatable bonds is 12. The van der Waals surface area contributed by atoms with Crippen LogP contribution in [0.5, 0.6) is 23.0 Å². The van der Waals surface area contributed by atoms with Crippen LogP contribution in [0.25, 0.3) is 0 Å². The number of para-hydroxylation sites is 4. The van der Waals surface area contributed by atoms with Gasteiger partial charge in [0.2, 0.25) is 0 Å². The first-order valence-electron chi connectivity index (χ1n) is 32.5. The molecule has 11 nitrogen and oxygen atoms in total. The first-order valence-corrected chi connectivity index (χ1v) is 33.6. The van der Waals surface area contributed by atoms with Gasteiger partial charge in [0.1, 0.15) is 42.6 Å². The summed E-state index contributed by atoms with van der Waals surface area (Å²) in [4.78, 5) is 23.0. The smallest absolute Gasteiger partial charge is 0.303 e.